The van der Waals surface area contributed by atoms with Crippen LogP contribution in [0.3, 0.4) is 0 Å². The van der Waals surface area contributed by atoms with Crippen molar-refractivity contribution in [3.8, 4) is 0 Å². The third kappa shape index (κ3) is 7.31. The molecule has 0 heterocycles. The van der Waals surface area contributed by atoms with Crippen LogP contribution in [-0.4, -0.2) is 5.91 Å². The highest BCUT2D eigenvalue weighted by Gasteiger charge is 2.05. The highest BCUT2D eigenvalue weighted by atomic mass is 16.1. The quantitative estimate of drug-likeness (QED) is 0.535. The molecule has 21 heavy (non-hydrogen) atoms. The van der Waals surface area contributed by atoms with E-state index < -0.39 is 0 Å². The zero-order valence-corrected chi connectivity index (χ0v) is 14.0. The number of hydrogen-bond donors (Lipinski definition) is 1. The minimum atomic E-state index is 0.141. The van der Waals surface area contributed by atoms with Gasteiger partial charge in [-0.1, -0.05) is 65.0 Å². The van der Waals surface area contributed by atoms with Crippen LogP contribution in [0.4, 0.5) is 5.69 Å². The summed E-state index contributed by atoms with van der Waals surface area (Å²) in [5, 5.41) is 2.99. The van der Waals surface area contributed by atoms with E-state index in [2.05, 4.69) is 38.2 Å². The third-order valence-corrected chi connectivity index (χ3v) is 4.13. The maximum Gasteiger partial charge on any atom is 0.224 e. The summed E-state index contributed by atoms with van der Waals surface area (Å²) in [6.45, 7) is 6.65. The Morgan fingerprint density at radius 1 is 1.00 bits per heavy atom. The van der Waals surface area contributed by atoms with Crippen LogP contribution in [0.15, 0.2) is 24.3 Å². The molecule has 0 radical (unpaired) electrons. The van der Waals surface area contributed by atoms with Gasteiger partial charge in [-0.15, -0.1) is 0 Å². The lowest BCUT2D eigenvalue weighted by molar-refractivity contribution is -0.116. The average Bonchev–Trinajstić information content (AvgIpc) is 2.50. The van der Waals surface area contributed by atoms with Gasteiger partial charge in [0.05, 0.1) is 0 Å². The number of amides is 1. The molecule has 0 saturated carbocycles. The highest BCUT2D eigenvalue weighted by Crippen LogP contribution is 2.20. The van der Waals surface area contributed by atoms with Gasteiger partial charge in [0.15, 0.2) is 0 Å². The van der Waals surface area contributed by atoms with E-state index in [0.717, 1.165) is 18.5 Å². The molecule has 0 spiro atoms. The van der Waals surface area contributed by atoms with Crippen LogP contribution in [-0.2, 0) is 4.79 Å². The van der Waals surface area contributed by atoms with Crippen LogP contribution in [0, 0.1) is 0 Å². The molecule has 118 valence electrons. The van der Waals surface area contributed by atoms with E-state index in [4.69, 9.17) is 0 Å². The number of anilines is 1. The molecule has 1 atom stereocenters. The minimum Gasteiger partial charge on any atom is -0.326 e. The van der Waals surface area contributed by atoms with E-state index in [1.807, 2.05) is 12.1 Å². The molecule has 1 rings (SSSR count). The van der Waals surface area contributed by atoms with E-state index >= 15 is 0 Å². The molecule has 0 fully saturated rings. The molecular formula is C19H31NO. The van der Waals surface area contributed by atoms with Crippen molar-refractivity contribution >= 4 is 11.6 Å². The first-order valence-corrected chi connectivity index (χ1v) is 8.57. The fourth-order valence-corrected chi connectivity index (χ4v) is 2.42. The number of carbonyl (C=O) groups is 1. The Morgan fingerprint density at radius 2 is 1.62 bits per heavy atom. The molecular weight excluding hydrogens is 258 g/mol. The van der Waals surface area contributed by atoms with Gasteiger partial charge in [-0.05, 0) is 36.5 Å². The van der Waals surface area contributed by atoms with Gasteiger partial charge in [-0.3, -0.25) is 4.79 Å². The molecule has 2 heteroatoms. The third-order valence-electron chi connectivity index (χ3n) is 4.13. The van der Waals surface area contributed by atoms with Crippen LogP contribution >= 0.6 is 0 Å². The average molecular weight is 289 g/mol. The number of unbranched alkanes of at least 4 members (excludes halogenated alkanes) is 5. The van der Waals surface area contributed by atoms with E-state index in [0.29, 0.717) is 12.3 Å². The summed E-state index contributed by atoms with van der Waals surface area (Å²) in [7, 11) is 0. The van der Waals surface area contributed by atoms with Gasteiger partial charge in [-0.2, -0.15) is 0 Å². The first-order valence-electron chi connectivity index (χ1n) is 8.57. The number of hydrogen-bond acceptors (Lipinski definition) is 1. The van der Waals surface area contributed by atoms with Crippen molar-refractivity contribution in [1.29, 1.82) is 0 Å². The molecule has 0 saturated heterocycles. The fraction of sp³-hybridized carbons (Fsp3) is 0.632. The molecule has 1 N–H and O–H groups in total. The molecule has 0 bridgehead atoms. The maximum atomic E-state index is 11.9. The van der Waals surface area contributed by atoms with Crippen molar-refractivity contribution < 1.29 is 4.79 Å². The molecule has 0 aliphatic rings. The van der Waals surface area contributed by atoms with E-state index in [1.165, 1.54) is 37.7 Å². The van der Waals surface area contributed by atoms with Crippen molar-refractivity contribution in [3.05, 3.63) is 29.8 Å². The largest absolute Gasteiger partial charge is 0.326 e. The van der Waals surface area contributed by atoms with Crippen molar-refractivity contribution in [1.82, 2.24) is 0 Å². The van der Waals surface area contributed by atoms with Gasteiger partial charge in [-0.25, -0.2) is 0 Å². The Labute approximate surface area is 130 Å². The Kier molecular flexibility index (Phi) is 8.80. The van der Waals surface area contributed by atoms with Crippen LogP contribution in [0.5, 0.6) is 0 Å². The summed E-state index contributed by atoms with van der Waals surface area (Å²) in [5.74, 6) is 0.722. The number of benzene rings is 1. The molecule has 1 aromatic rings. The second-order valence-corrected chi connectivity index (χ2v) is 6.00. The van der Waals surface area contributed by atoms with Crippen molar-refractivity contribution in [3.63, 3.8) is 0 Å². The van der Waals surface area contributed by atoms with Gasteiger partial charge in [0.2, 0.25) is 5.91 Å². The zero-order chi connectivity index (χ0) is 15.5. The molecule has 0 aliphatic carbocycles. The summed E-state index contributed by atoms with van der Waals surface area (Å²) in [6, 6.07) is 8.27. The summed E-state index contributed by atoms with van der Waals surface area (Å²) in [4.78, 5) is 11.9. The van der Waals surface area contributed by atoms with Crippen LogP contribution in [0.2, 0.25) is 0 Å². The number of rotatable bonds is 10. The SMILES string of the molecule is CCCCCCCCC(=O)Nc1ccc(C(C)CC)cc1. The lowest BCUT2D eigenvalue weighted by Gasteiger charge is -2.10. The summed E-state index contributed by atoms with van der Waals surface area (Å²) in [6.07, 6.45) is 9.09. The first kappa shape index (κ1) is 17.7. The molecule has 0 aromatic heterocycles. The second-order valence-electron chi connectivity index (χ2n) is 6.00. The topological polar surface area (TPSA) is 29.1 Å². The van der Waals surface area contributed by atoms with E-state index in [-0.39, 0.29) is 5.91 Å². The summed E-state index contributed by atoms with van der Waals surface area (Å²) >= 11 is 0. The van der Waals surface area contributed by atoms with Gasteiger partial charge in [0.25, 0.3) is 0 Å². The molecule has 1 unspecified atom stereocenters. The zero-order valence-electron chi connectivity index (χ0n) is 14.0. The normalized spacial score (nSPS) is 12.1. The number of carbonyl (C=O) groups excluding carboxylic acids is 1. The Hall–Kier alpha value is -1.31. The van der Waals surface area contributed by atoms with Crippen LogP contribution < -0.4 is 5.32 Å². The van der Waals surface area contributed by atoms with Crippen molar-refractivity contribution in [2.75, 3.05) is 5.32 Å². The Morgan fingerprint density at radius 3 is 2.24 bits per heavy atom. The first-order chi connectivity index (χ1) is 10.2. The monoisotopic (exact) mass is 289 g/mol. The second kappa shape index (κ2) is 10.4. The molecule has 2 nitrogen and oxygen atoms in total. The number of nitrogens with one attached hydrogen (secondary N) is 1. The minimum absolute atomic E-state index is 0.141. The van der Waals surface area contributed by atoms with Crippen molar-refractivity contribution in [2.45, 2.75) is 78.1 Å². The highest BCUT2D eigenvalue weighted by molar-refractivity contribution is 5.90. The van der Waals surface area contributed by atoms with Crippen molar-refractivity contribution in [2.24, 2.45) is 0 Å². The van der Waals surface area contributed by atoms with E-state index in [9.17, 15) is 4.79 Å². The predicted molar refractivity (Wildman–Crippen MR) is 91.8 cm³/mol. The van der Waals surface area contributed by atoms with Crippen LogP contribution in [0.1, 0.15) is 83.6 Å². The van der Waals surface area contributed by atoms with E-state index in [1.54, 1.807) is 0 Å². The molecule has 1 amide bonds. The Balaban J connectivity index is 2.25. The predicted octanol–water partition coefficient (Wildman–Crippen LogP) is 5.89. The lowest BCUT2D eigenvalue weighted by Crippen LogP contribution is -2.11. The smallest absolute Gasteiger partial charge is 0.224 e. The standard InChI is InChI=1S/C19H31NO/c1-4-6-7-8-9-10-11-19(21)20-18-14-12-17(13-15-18)16(3)5-2/h12-16H,4-11H2,1-3H3,(H,20,21). The summed E-state index contributed by atoms with van der Waals surface area (Å²) in [5.41, 5.74) is 2.25. The van der Waals surface area contributed by atoms with Gasteiger partial charge < -0.3 is 5.32 Å². The van der Waals surface area contributed by atoms with Gasteiger partial charge in [0, 0.05) is 12.1 Å². The maximum absolute atomic E-state index is 11.9. The fourth-order valence-electron chi connectivity index (χ4n) is 2.42. The molecule has 1 aromatic carbocycles. The van der Waals surface area contributed by atoms with Gasteiger partial charge in [0.1, 0.15) is 0 Å². The molecule has 0 aliphatic heterocycles. The Bertz CT molecular complexity index is 397. The summed E-state index contributed by atoms with van der Waals surface area (Å²) < 4.78 is 0. The van der Waals surface area contributed by atoms with Crippen LogP contribution in [0.25, 0.3) is 0 Å². The van der Waals surface area contributed by atoms with Gasteiger partial charge >= 0.3 is 0 Å². The lowest BCUT2D eigenvalue weighted by atomic mass is 9.98.